The molecule has 94 valence electrons. The molecule has 2 N–H and O–H groups in total. The number of anilines is 1. The van der Waals surface area contributed by atoms with Crippen LogP contribution < -0.4 is 5.73 Å². The van der Waals surface area contributed by atoms with Crippen LogP contribution in [-0.4, -0.2) is 20.2 Å². The molecule has 3 rings (SSSR count). The van der Waals surface area contributed by atoms with Gasteiger partial charge in [-0.2, -0.15) is 0 Å². The highest BCUT2D eigenvalue weighted by molar-refractivity contribution is 5.71. The zero-order chi connectivity index (χ0) is 12.9. The van der Waals surface area contributed by atoms with Crippen LogP contribution in [0.3, 0.4) is 0 Å². The summed E-state index contributed by atoms with van der Waals surface area (Å²) in [6.45, 7) is 2.07. The van der Waals surface area contributed by atoms with E-state index in [0.717, 1.165) is 18.6 Å². The number of hydrogen-bond acceptors (Lipinski definition) is 4. The van der Waals surface area contributed by atoms with Crippen molar-refractivity contribution in [1.29, 1.82) is 0 Å². The fourth-order valence-electron chi connectivity index (χ4n) is 1.99. The van der Waals surface area contributed by atoms with Crippen LogP contribution in [0.4, 0.5) is 14.5 Å². The van der Waals surface area contributed by atoms with Crippen molar-refractivity contribution in [1.82, 2.24) is 20.2 Å². The van der Waals surface area contributed by atoms with E-state index in [9.17, 15) is 8.78 Å². The number of tetrazole rings is 1. The summed E-state index contributed by atoms with van der Waals surface area (Å²) in [7, 11) is 0. The van der Waals surface area contributed by atoms with Crippen LogP contribution in [0.2, 0.25) is 0 Å². The van der Waals surface area contributed by atoms with E-state index < -0.39 is 11.6 Å². The average molecular weight is 251 g/mol. The minimum Gasteiger partial charge on any atom is -0.398 e. The zero-order valence-corrected chi connectivity index (χ0v) is 9.64. The third kappa shape index (κ3) is 1.62. The van der Waals surface area contributed by atoms with Gasteiger partial charge in [0.15, 0.2) is 17.5 Å². The van der Waals surface area contributed by atoms with E-state index in [0.29, 0.717) is 17.3 Å². The molecule has 0 aliphatic heterocycles. The molecule has 1 aromatic carbocycles. The highest BCUT2D eigenvalue weighted by Crippen LogP contribution is 2.44. The van der Waals surface area contributed by atoms with Crippen molar-refractivity contribution in [2.24, 2.45) is 5.92 Å². The Hall–Kier alpha value is -2.05. The van der Waals surface area contributed by atoms with Gasteiger partial charge >= 0.3 is 0 Å². The van der Waals surface area contributed by atoms with Crippen LogP contribution in [0.5, 0.6) is 0 Å². The van der Waals surface area contributed by atoms with Gasteiger partial charge < -0.3 is 5.73 Å². The third-order valence-corrected chi connectivity index (χ3v) is 3.21. The van der Waals surface area contributed by atoms with Crippen molar-refractivity contribution in [3.05, 3.63) is 23.8 Å². The first-order valence-electron chi connectivity index (χ1n) is 5.60. The number of hydrogen-bond donors (Lipinski definition) is 1. The van der Waals surface area contributed by atoms with Gasteiger partial charge in [0.1, 0.15) is 0 Å². The molecule has 2 atom stereocenters. The molecule has 2 aromatic rings. The summed E-state index contributed by atoms with van der Waals surface area (Å²) in [5.74, 6) is -1.08. The first kappa shape index (κ1) is 11.1. The Morgan fingerprint density at radius 3 is 2.67 bits per heavy atom. The van der Waals surface area contributed by atoms with E-state index in [-0.39, 0.29) is 11.7 Å². The van der Waals surface area contributed by atoms with Gasteiger partial charge in [-0.15, -0.1) is 5.10 Å². The summed E-state index contributed by atoms with van der Waals surface area (Å²) in [5, 5.41) is 11.3. The Morgan fingerprint density at radius 1 is 1.33 bits per heavy atom. The molecule has 2 unspecified atom stereocenters. The van der Waals surface area contributed by atoms with E-state index in [1.54, 1.807) is 4.68 Å². The number of benzene rings is 1. The molecule has 0 spiro atoms. The normalized spacial score (nSPS) is 22.2. The van der Waals surface area contributed by atoms with Crippen molar-refractivity contribution in [2.75, 3.05) is 5.73 Å². The summed E-state index contributed by atoms with van der Waals surface area (Å²) in [6, 6.07) is 2.18. The smallest absolute Gasteiger partial charge is 0.184 e. The molecule has 0 bridgehead atoms. The first-order chi connectivity index (χ1) is 8.58. The van der Waals surface area contributed by atoms with Crippen molar-refractivity contribution in [3.63, 3.8) is 0 Å². The summed E-state index contributed by atoms with van der Waals surface area (Å²) < 4.78 is 27.9. The average Bonchev–Trinajstić information content (AvgIpc) is 2.87. The lowest BCUT2D eigenvalue weighted by molar-refractivity contribution is 0.509. The van der Waals surface area contributed by atoms with Crippen LogP contribution >= 0.6 is 0 Å². The van der Waals surface area contributed by atoms with Gasteiger partial charge in [0.2, 0.25) is 0 Å². The number of halogens is 2. The molecule has 0 radical (unpaired) electrons. The molecular formula is C11H11F2N5. The summed E-state index contributed by atoms with van der Waals surface area (Å²) >= 11 is 0. The Labute approximate surface area is 102 Å². The quantitative estimate of drug-likeness (QED) is 0.826. The zero-order valence-electron chi connectivity index (χ0n) is 9.64. The van der Waals surface area contributed by atoms with Crippen LogP contribution in [0, 0.1) is 17.6 Å². The SMILES string of the molecule is CC1CC1n1nnnc1-c1cc(F)c(F)cc1N. The van der Waals surface area contributed by atoms with Crippen LogP contribution in [-0.2, 0) is 0 Å². The lowest BCUT2D eigenvalue weighted by Gasteiger charge is -2.06. The van der Waals surface area contributed by atoms with Crippen LogP contribution in [0.25, 0.3) is 11.4 Å². The van der Waals surface area contributed by atoms with E-state index in [1.165, 1.54) is 0 Å². The lowest BCUT2D eigenvalue weighted by Crippen LogP contribution is -2.04. The third-order valence-electron chi connectivity index (χ3n) is 3.21. The molecule has 1 aliphatic rings. The number of aromatic nitrogens is 4. The van der Waals surface area contributed by atoms with E-state index in [1.807, 2.05) is 0 Å². The van der Waals surface area contributed by atoms with Gasteiger partial charge in [-0.05, 0) is 28.8 Å². The predicted octanol–water partition coefficient (Wildman–Crippen LogP) is 1.78. The van der Waals surface area contributed by atoms with Crippen molar-refractivity contribution in [2.45, 2.75) is 19.4 Å². The lowest BCUT2D eigenvalue weighted by atomic mass is 10.1. The Bertz CT molecular complexity index is 609. The molecule has 18 heavy (non-hydrogen) atoms. The van der Waals surface area contributed by atoms with Crippen molar-refractivity contribution in [3.8, 4) is 11.4 Å². The van der Waals surface area contributed by atoms with E-state index in [4.69, 9.17) is 5.73 Å². The van der Waals surface area contributed by atoms with E-state index in [2.05, 4.69) is 22.4 Å². The molecule has 0 saturated heterocycles. The Kier molecular flexibility index (Phi) is 2.29. The predicted molar refractivity (Wildman–Crippen MR) is 60.4 cm³/mol. The minimum absolute atomic E-state index is 0.123. The maximum Gasteiger partial charge on any atom is 0.184 e. The topological polar surface area (TPSA) is 69.6 Å². The number of rotatable bonds is 2. The molecule has 1 aromatic heterocycles. The maximum atomic E-state index is 13.3. The fourth-order valence-corrected chi connectivity index (χ4v) is 1.99. The van der Waals surface area contributed by atoms with Gasteiger partial charge in [0.25, 0.3) is 0 Å². The molecule has 1 saturated carbocycles. The number of nitrogens with two attached hydrogens (primary N) is 1. The van der Waals surface area contributed by atoms with Crippen molar-refractivity contribution < 1.29 is 8.78 Å². The second kappa shape index (κ2) is 3.72. The van der Waals surface area contributed by atoms with Gasteiger partial charge in [-0.1, -0.05) is 6.92 Å². The first-order valence-corrected chi connectivity index (χ1v) is 5.60. The summed E-state index contributed by atoms with van der Waals surface area (Å²) in [4.78, 5) is 0. The van der Waals surface area contributed by atoms with Crippen molar-refractivity contribution >= 4 is 5.69 Å². The molecular weight excluding hydrogens is 240 g/mol. The molecule has 7 heteroatoms. The monoisotopic (exact) mass is 251 g/mol. The molecule has 1 fully saturated rings. The van der Waals surface area contributed by atoms with Gasteiger partial charge in [0.05, 0.1) is 6.04 Å². The number of nitrogens with zero attached hydrogens (tertiary/aromatic N) is 4. The minimum atomic E-state index is -0.977. The summed E-state index contributed by atoms with van der Waals surface area (Å²) in [6.07, 6.45) is 0.974. The van der Waals surface area contributed by atoms with E-state index >= 15 is 0 Å². The Balaban J connectivity index is 2.10. The molecule has 1 heterocycles. The van der Waals surface area contributed by atoms with Gasteiger partial charge in [-0.3, -0.25) is 0 Å². The summed E-state index contributed by atoms with van der Waals surface area (Å²) in [5.41, 5.74) is 6.13. The Morgan fingerprint density at radius 2 is 2.00 bits per heavy atom. The second-order valence-corrected chi connectivity index (χ2v) is 4.58. The van der Waals surface area contributed by atoms with Crippen LogP contribution in [0.1, 0.15) is 19.4 Å². The highest BCUT2D eigenvalue weighted by Gasteiger charge is 2.37. The number of nitrogen functional groups attached to an aromatic ring is 1. The molecule has 5 nitrogen and oxygen atoms in total. The maximum absolute atomic E-state index is 13.3. The molecule has 1 aliphatic carbocycles. The largest absolute Gasteiger partial charge is 0.398 e. The standard InChI is InChI=1S/C11H11F2N5/c1-5-2-10(5)18-11(15-16-17-18)6-3-7(12)8(13)4-9(6)14/h3-5,10H,2,14H2,1H3. The second-order valence-electron chi connectivity index (χ2n) is 4.58. The van der Waals surface area contributed by atoms with Crippen LogP contribution in [0.15, 0.2) is 12.1 Å². The fraction of sp³-hybridized carbons (Fsp3) is 0.364. The van der Waals surface area contributed by atoms with Gasteiger partial charge in [0, 0.05) is 17.3 Å². The molecule has 0 amide bonds. The van der Waals surface area contributed by atoms with Gasteiger partial charge in [-0.25, -0.2) is 13.5 Å². The highest BCUT2D eigenvalue weighted by atomic mass is 19.2.